The molecule has 0 aromatic heterocycles. The molecule has 0 radical (unpaired) electrons. The van der Waals surface area contributed by atoms with E-state index >= 15 is 0 Å². The monoisotopic (exact) mass is 255 g/mol. The van der Waals surface area contributed by atoms with Gasteiger partial charge in [-0.05, 0) is 19.8 Å². The molecule has 3 heteroatoms. The highest BCUT2D eigenvalue weighted by Crippen LogP contribution is 2.13. The van der Waals surface area contributed by atoms with Crippen molar-refractivity contribution in [3.63, 3.8) is 0 Å². The van der Waals surface area contributed by atoms with E-state index in [1.54, 1.807) is 0 Å². The highest BCUT2D eigenvalue weighted by molar-refractivity contribution is 6.00. The van der Waals surface area contributed by atoms with Crippen LogP contribution in [-0.2, 0) is 4.79 Å². The Morgan fingerprint density at radius 2 is 1.67 bits per heavy atom. The molecule has 0 aromatic rings. The molecule has 106 valence electrons. The van der Waals surface area contributed by atoms with Gasteiger partial charge >= 0.3 is 5.97 Å². The molecule has 0 spiro atoms. The first-order chi connectivity index (χ1) is 8.63. The second-order valence-corrected chi connectivity index (χ2v) is 4.97. The fourth-order valence-electron chi connectivity index (χ4n) is 2.01. The Kier molecular flexibility index (Phi) is 10.7. The molecule has 3 nitrogen and oxygen atoms in total. The Morgan fingerprint density at radius 3 is 2.22 bits per heavy atom. The molecule has 1 N–H and O–H groups in total. The van der Waals surface area contributed by atoms with Crippen LogP contribution in [0.1, 0.15) is 72.1 Å². The average molecular weight is 255 g/mol. The number of aliphatic imine (C=N–C) groups is 1. The van der Waals surface area contributed by atoms with Gasteiger partial charge < -0.3 is 5.11 Å². The minimum absolute atomic E-state index is 0.372. The molecule has 1 atom stereocenters. The summed E-state index contributed by atoms with van der Waals surface area (Å²) in [7, 11) is 0. The number of nitrogens with zero attached hydrogens (tertiary/aromatic N) is 1. The largest absolute Gasteiger partial charge is 0.481 e. The topological polar surface area (TPSA) is 49.7 Å². The summed E-state index contributed by atoms with van der Waals surface area (Å²) in [5, 5.41) is 9.20. The highest BCUT2D eigenvalue weighted by atomic mass is 16.4. The van der Waals surface area contributed by atoms with Crippen LogP contribution in [0.15, 0.2) is 4.99 Å². The van der Waals surface area contributed by atoms with Crippen LogP contribution in [0, 0.1) is 5.92 Å². The van der Waals surface area contributed by atoms with Gasteiger partial charge in [0.05, 0.1) is 5.92 Å². The number of unbranched alkanes of at least 4 members (excludes halogenated alkanes) is 5. The molecule has 0 saturated heterocycles. The fraction of sp³-hybridized carbons (Fsp3) is 0.867. The fourth-order valence-corrected chi connectivity index (χ4v) is 2.01. The summed E-state index contributed by atoms with van der Waals surface area (Å²) in [6, 6.07) is 0. The van der Waals surface area contributed by atoms with E-state index < -0.39 is 5.97 Å². The van der Waals surface area contributed by atoms with E-state index in [1.807, 2.05) is 6.92 Å². The first-order valence-corrected chi connectivity index (χ1v) is 7.37. The van der Waals surface area contributed by atoms with E-state index in [2.05, 4.69) is 18.8 Å². The Labute approximate surface area is 112 Å². The third-order valence-corrected chi connectivity index (χ3v) is 3.27. The van der Waals surface area contributed by atoms with Crippen molar-refractivity contribution in [2.75, 3.05) is 6.54 Å². The van der Waals surface area contributed by atoms with E-state index in [1.165, 1.54) is 19.3 Å². The van der Waals surface area contributed by atoms with Crippen LogP contribution in [0.5, 0.6) is 0 Å². The minimum atomic E-state index is -0.721. The average Bonchev–Trinajstić information content (AvgIpc) is 2.33. The molecule has 0 fully saturated rings. The van der Waals surface area contributed by atoms with Gasteiger partial charge in [-0.3, -0.25) is 9.79 Å². The van der Waals surface area contributed by atoms with Gasteiger partial charge in [0.25, 0.3) is 0 Å². The number of hydrogen-bond acceptors (Lipinski definition) is 2. The molecule has 0 aromatic carbocycles. The summed E-state index contributed by atoms with van der Waals surface area (Å²) in [5.74, 6) is -1.09. The molecule has 1 unspecified atom stereocenters. The van der Waals surface area contributed by atoms with Gasteiger partial charge in [-0.1, -0.05) is 52.4 Å². The quantitative estimate of drug-likeness (QED) is 0.442. The van der Waals surface area contributed by atoms with Crippen LogP contribution in [0.3, 0.4) is 0 Å². The third kappa shape index (κ3) is 8.26. The van der Waals surface area contributed by atoms with Crippen molar-refractivity contribution in [1.82, 2.24) is 0 Å². The van der Waals surface area contributed by atoms with Crippen molar-refractivity contribution in [2.45, 2.75) is 72.1 Å². The number of hydrogen-bond donors (Lipinski definition) is 1. The van der Waals surface area contributed by atoms with Crippen molar-refractivity contribution in [3.8, 4) is 0 Å². The van der Waals surface area contributed by atoms with E-state index in [0.29, 0.717) is 0 Å². The molecule has 0 amide bonds. The van der Waals surface area contributed by atoms with E-state index in [9.17, 15) is 9.90 Å². The van der Waals surface area contributed by atoms with Gasteiger partial charge in [0.15, 0.2) is 0 Å². The summed E-state index contributed by atoms with van der Waals surface area (Å²) >= 11 is 0. The second kappa shape index (κ2) is 11.2. The van der Waals surface area contributed by atoms with Crippen molar-refractivity contribution < 1.29 is 9.90 Å². The zero-order valence-electron chi connectivity index (χ0n) is 12.2. The SMILES string of the molecule is CCCCCC/N=C(/C)C(CCCCC)C(=O)O. The standard InChI is InChI=1S/C15H29NO2/c1-4-6-8-10-12-16-13(3)14(15(17)18)11-9-7-5-2/h14H,4-12H2,1-3H3,(H,17,18)/b16-13-. The number of carboxylic acid groups (broad SMARTS) is 1. The second-order valence-electron chi connectivity index (χ2n) is 4.97. The van der Waals surface area contributed by atoms with Crippen LogP contribution in [0.25, 0.3) is 0 Å². The number of aliphatic carboxylic acids is 1. The molecule has 18 heavy (non-hydrogen) atoms. The maximum atomic E-state index is 11.2. The van der Waals surface area contributed by atoms with Crippen LogP contribution < -0.4 is 0 Å². The lowest BCUT2D eigenvalue weighted by Crippen LogP contribution is -2.22. The van der Waals surface area contributed by atoms with Gasteiger partial charge in [0.1, 0.15) is 0 Å². The van der Waals surface area contributed by atoms with Gasteiger partial charge in [-0.25, -0.2) is 0 Å². The lowest BCUT2D eigenvalue weighted by atomic mass is 9.97. The van der Waals surface area contributed by atoms with Crippen molar-refractivity contribution in [1.29, 1.82) is 0 Å². The van der Waals surface area contributed by atoms with Crippen molar-refractivity contribution in [2.24, 2.45) is 10.9 Å². The van der Waals surface area contributed by atoms with Gasteiger partial charge in [0.2, 0.25) is 0 Å². The molecule has 0 aliphatic carbocycles. The molecule has 0 bridgehead atoms. The van der Waals surface area contributed by atoms with E-state index in [0.717, 1.165) is 44.4 Å². The number of carboxylic acids is 1. The normalized spacial score (nSPS) is 13.6. The summed E-state index contributed by atoms with van der Waals surface area (Å²) in [5.41, 5.74) is 0.801. The first kappa shape index (κ1) is 17.1. The van der Waals surface area contributed by atoms with Gasteiger partial charge in [-0.15, -0.1) is 0 Å². The Bertz CT molecular complexity index is 249. The summed E-state index contributed by atoms with van der Waals surface area (Å²) < 4.78 is 0. The molecular weight excluding hydrogens is 226 g/mol. The zero-order chi connectivity index (χ0) is 13.8. The third-order valence-electron chi connectivity index (χ3n) is 3.27. The molecule has 0 saturated carbocycles. The van der Waals surface area contributed by atoms with Crippen molar-refractivity contribution in [3.05, 3.63) is 0 Å². The Morgan fingerprint density at radius 1 is 1.06 bits per heavy atom. The number of rotatable bonds is 11. The lowest BCUT2D eigenvalue weighted by molar-refractivity contribution is -0.139. The van der Waals surface area contributed by atoms with Crippen LogP contribution >= 0.6 is 0 Å². The maximum absolute atomic E-state index is 11.2. The van der Waals surface area contributed by atoms with Crippen molar-refractivity contribution >= 4 is 11.7 Å². The van der Waals surface area contributed by atoms with Crippen LogP contribution in [0.4, 0.5) is 0 Å². The molecule has 0 aliphatic heterocycles. The molecule has 0 aliphatic rings. The minimum Gasteiger partial charge on any atom is -0.481 e. The molecule has 0 heterocycles. The summed E-state index contributed by atoms with van der Waals surface area (Å²) in [4.78, 5) is 15.6. The van der Waals surface area contributed by atoms with Crippen LogP contribution in [0.2, 0.25) is 0 Å². The predicted octanol–water partition coefficient (Wildman–Crippen LogP) is 4.31. The maximum Gasteiger partial charge on any atom is 0.312 e. The lowest BCUT2D eigenvalue weighted by Gasteiger charge is -2.12. The molecule has 0 rings (SSSR count). The van der Waals surface area contributed by atoms with E-state index in [-0.39, 0.29) is 5.92 Å². The Hall–Kier alpha value is -0.860. The predicted molar refractivity (Wildman–Crippen MR) is 77.4 cm³/mol. The van der Waals surface area contributed by atoms with E-state index in [4.69, 9.17) is 0 Å². The Balaban J connectivity index is 4.07. The highest BCUT2D eigenvalue weighted by Gasteiger charge is 2.19. The summed E-state index contributed by atoms with van der Waals surface area (Å²) in [6.07, 6.45) is 8.68. The van der Waals surface area contributed by atoms with Crippen LogP contribution in [-0.4, -0.2) is 23.3 Å². The smallest absolute Gasteiger partial charge is 0.312 e. The molecular formula is C15H29NO2. The van der Waals surface area contributed by atoms with Gasteiger partial charge in [0, 0.05) is 12.3 Å². The van der Waals surface area contributed by atoms with Gasteiger partial charge in [-0.2, -0.15) is 0 Å². The summed E-state index contributed by atoms with van der Waals surface area (Å²) in [6.45, 7) is 6.96. The first-order valence-electron chi connectivity index (χ1n) is 7.37. The number of carbonyl (C=O) groups is 1. The zero-order valence-corrected chi connectivity index (χ0v) is 12.2.